The molecule has 1 unspecified atom stereocenters. The summed E-state index contributed by atoms with van der Waals surface area (Å²) in [7, 11) is 1.75. The average Bonchev–Trinajstić information content (AvgIpc) is 2.39. The van der Waals surface area contributed by atoms with E-state index in [0.717, 1.165) is 18.4 Å². The molecule has 2 rings (SSSR count). The molecule has 1 heterocycles. The Morgan fingerprint density at radius 1 is 1.35 bits per heavy atom. The number of hydrogen-bond acceptors (Lipinski definition) is 4. The fourth-order valence-electron chi connectivity index (χ4n) is 2.75. The number of aromatic nitrogens is 1. The zero-order chi connectivity index (χ0) is 12.3. The Morgan fingerprint density at radius 3 is 2.65 bits per heavy atom. The van der Waals surface area contributed by atoms with Gasteiger partial charge < -0.3 is 16.2 Å². The summed E-state index contributed by atoms with van der Waals surface area (Å²) in [6.07, 6.45) is 9.04. The summed E-state index contributed by atoms with van der Waals surface area (Å²) in [6, 6.07) is 1.60. The second-order valence-electron chi connectivity index (χ2n) is 4.81. The standard InChI is InChI=1S/C13H21N3O/c1-17-13(6-3-2-4-7-13)12(15)10-9-16-8-5-11(10)14/h5,8-9,12H,2-4,6-7,15H2,1H3,(H2,14,16). The number of pyridine rings is 1. The highest BCUT2D eigenvalue weighted by Crippen LogP contribution is 2.40. The van der Waals surface area contributed by atoms with Crippen molar-refractivity contribution < 1.29 is 4.74 Å². The van der Waals surface area contributed by atoms with E-state index in [9.17, 15) is 0 Å². The van der Waals surface area contributed by atoms with Crippen LogP contribution >= 0.6 is 0 Å². The molecule has 0 radical (unpaired) electrons. The SMILES string of the molecule is COC1(C(N)c2cnccc2N)CCCCC1. The molecule has 1 aromatic heterocycles. The lowest BCUT2D eigenvalue weighted by Crippen LogP contribution is -2.44. The smallest absolute Gasteiger partial charge is 0.0871 e. The van der Waals surface area contributed by atoms with Crippen LogP contribution in [-0.4, -0.2) is 17.7 Å². The lowest BCUT2D eigenvalue weighted by atomic mass is 9.77. The highest BCUT2D eigenvalue weighted by Gasteiger charge is 2.39. The van der Waals surface area contributed by atoms with Gasteiger partial charge in [-0.15, -0.1) is 0 Å². The van der Waals surface area contributed by atoms with E-state index < -0.39 is 0 Å². The zero-order valence-corrected chi connectivity index (χ0v) is 10.4. The number of hydrogen-bond donors (Lipinski definition) is 2. The van der Waals surface area contributed by atoms with Crippen LogP contribution in [0.2, 0.25) is 0 Å². The van der Waals surface area contributed by atoms with E-state index >= 15 is 0 Å². The summed E-state index contributed by atoms with van der Waals surface area (Å²) < 4.78 is 5.74. The molecular weight excluding hydrogens is 214 g/mol. The largest absolute Gasteiger partial charge is 0.398 e. The van der Waals surface area contributed by atoms with Crippen LogP contribution in [0.3, 0.4) is 0 Å². The number of methoxy groups -OCH3 is 1. The van der Waals surface area contributed by atoms with Crippen molar-refractivity contribution in [2.75, 3.05) is 12.8 Å². The minimum absolute atomic E-state index is 0.193. The zero-order valence-electron chi connectivity index (χ0n) is 10.4. The molecule has 1 aliphatic rings. The van der Waals surface area contributed by atoms with Crippen molar-refractivity contribution in [2.24, 2.45) is 5.73 Å². The van der Waals surface area contributed by atoms with Gasteiger partial charge in [0.2, 0.25) is 0 Å². The molecule has 0 amide bonds. The Balaban J connectivity index is 2.28. The number of nitrogens with two attached hydrogens (primary N) is 2. The maximum atomic E-state index is 6.37. The molecule has 0 aromatic carbocycles. The summed E-state index contributed by atoms with van der Waals surface area (Å²) in [5.41, 5.74) is 13.7. The van der Waals surface area contributed by atoms with E-state index in [1.165, 1.54) is 19.3 Å². The van der Waals surface area contributed by atoms with E-state index in [1.807, 2.05) is 0 Å². The lowest BCUT2D eigenvalue weighted by molar-refractivity contribution is -0.0594. The molecule has 94 valence electrons. The van der Waals surface area contributed by atoms with E-state index in [0.29, 0.717) is 5.69 Å². The molecule has 17 heavy (non-hydrogen) atoms. The van der Waals surface area contributed by atoms with Crippen molar-refractivity contribution in [1.29, 1.82) is 0 Å². The van der Waals surface area contributed by atoms with Crippen molar-refractivity contribution in [1.82, 2.24) is 4.98 Å². The minimum atomic E-state index is -0.268. The fraction of sp³-hybridized carbons (Fsp3) is 0.615. The Labute approximate surface area is 102 Å². The Morgan fingerprint density at radius 2 is 2.06 bits per heavy atom. The van der Waals surface area contributed by atoms with E-state index in [1.54, 1.807) is 25.6 Å². The summed E-state index contributed by atoms with van der Waals surface area (Å²) in [4.78, 5) is 4.11. The molecule has 4 N–H and O–H groups in total. The lowest BCUT2D eigenvalue weighted by Gasteiger charge is -2.41. The fourth-order valence-corrected chi connectivity index (χ4v) is 2.75. The van der Waals surface area contributed by atoms with Crippen LogP contribution in [0.25, 0.3) is 0 Å². The van der Waals surface area contributed by atoms with E-state index in [2.05, 4.69) is 4.98 Å². The van der Waals surface area contributed by atoms with Crippen LogP contribution in [0.15, 0.2) is 18.5 Å². The first-order chi connectivity index (χ1) is 8.19. The van der Waals surface area contributed by atoms with Crippen molar-refractivity contribution in [3.8, 4) is 0 Å². The van der Waals surface area contributed by atoms with E-state index in [4.69, 9.17) is 16.2 Å². The molecule has 4 heteroatoms. The van der Waals surface area contributed by atoms with Gasteiger partial charge in [0.25, 0.3) is 0 Å². The summed E-state index contributed by atoms with van der Waals surface area (Å²) >= 11 is 0. The molecule has 1 fully saturated rings. The third-order valence-corrected chi connectivity index (χ3v) is 3.90. The maximum Gasteiger partial charge on any atom is 0.0871 e. The minimum Gasteiger partial charge on any atom is -0.398 e. The second kappa shape index (κ2) is 5.02. The normalized spacial score (nSPS) is 21.1. The highest BCUT2D eigenvalue weighted by molar-refractivity contribution is 5.47. The molecule has 1 atom stereocenters. The van der Waals surface area contributed by atoms with Gasteiger partial charge in [-0.3, -0.25) is 4.98 Å². The van der Waals surface area contributed by atoms with Crippen molar-refractivity contribution in [2.45, 2.75) is 43.7 Å². The van der Waals surface area contributed by atoms with Crippen LogP contribution in [0.4, 0.5) is 5.69 Å². The van der Waals surface area contributed by atoms with Gasteiger partial charge in [-0.2, -0.15) is 0 Å². The van der Waals surface area contributed by atoms with Crippen molar-refractivity contribution in [3.05, 3.63) is 24.0 Å². The number of anilines is 1. The van der Waals surface area contributed by atoms with Gasteiger partial charge in [0.15, 0.2) is 0 Å². The number of nitrogen functional groups attached to an aromatic ring is 1. The monoisotopic (exact) mass is 235 g/mol. The highest BCUT2D eigenvalue weighted by atomic mass is 16.5. The predicted molar refractivity (Wildman–Crippen MR) is 68.4 cm³/mol. The van der Waals surface area contributed by atoms with Gasteiger partial charge in [0, 0.05) is 30.8 Å². The molecule has 0 bridgehead atoms. The van der Waals surface area contributed by atoms with Crippen LogP contribution in [0, 0.1) is 0 Å². The molecule has 0 aliphatic heterocycles. The van der Waals surface area contributed by atoms with Crippen molar-refractivity contribution in [3.63, 3.8) is 0 Å². The quantitative estimate of drug-likeness (QED) is 0.840. The van der Waals surface area contributed by atoms with Crippen LogP contribution in [0.1, 0.15) is 43.7 Å². The van der Waals surface area contributed by atoms with Gasteiger partial charge in [-0.25, -0.2) is 0 Å². The summed E-state index contributed by atoms with van der Waals surface area (Å²) in [5.74, 6) is 0. The van der Waals surface area contributed by atoms with Gasteiger partial charge >= 0.3 is 0 Å². The van der Waals surface area contributed by atoms with Crippen LogP contribution in [-0.2, 0) is 4.74 Å². The first-order valence-electron chi connectivity index (χ1n) is 6.20. The first-order valence-corrected chi connectivity index (χ1v) is 6.20. The van der Waals surface area contributed by atoms with Crippen LogP contribution < -0.4 is 11.5 Å². The third-order valence-electron chi connectivity index (χ3n) is 3.90. The number of ether oxygens (including phenoxy) is 1. The average molecular weight is 235 g/mol. The van der Waals surface area contributed by atoms with Crippen LogP contribution in [0.5, 0.6) is 0 Å². The maximum absolute atomic E-state index is 6.37. The molecule has 0 spiro atoms. The molecule has 1 aromatic rings. The Bertz CT molecular complexity index is 375. The molecule has 4 nitrogen and oxygen atoms in total. The molecule has 1 saturated carbocycles. The number of rotatable bonds is 3. The van der Waals surface area contributed by atoms with Gasteiger partial charge in [-0.05, 0) is 18.9 Å². The van der Waals surface area contributed by atoms with Gasteiger partial charge in [0.1, 0.15) is 0 Å². The second-order valence-corrected chi connectivity index (χ2v) is 4.81. The molecular formula is C13H21N3O. The summed E-state index contributed by atoms with van der Waals surface area (Å²) in [6.45, 7) is 0. The van der Waals surface area contributed by atoms with Gasteiger partial charge in [0.05, 0.1) is 11.6 Å². The third kappa shape index (κ3) is 2.28. The molecule has 0 saturated heterocycles. The predicted octanol–water partition coefficient (Wildman–Crippen LogP) is 2.01. The first kappa shape index (κ1) is 12.3. The summed E-state index contributed by atoms with van der Waals surface area (Å²) in [5, 5.41) is 0. The number of nitrogens with zero attached hydrogens (tertiary/aromatic N) is 1. The Kier molecular flexibility index (Phi) is 3.64. The van der Waals surface area contributed by atoms with E-state index in [-0.39, 0.29) is 11.6 Å². The topological polar surface area (TPSA) is 74.2 Å². The molecule has 1 aliphatic carbocycles. The Hall–Kier alpha value is -1.13. The van der Waals surface area contributed by atoms with Crippen molar-refractivity contribution >= 4 is 5.69 Å². The van der Waals surface area contributed by atoms with Gasteiger partial charge in [-0.1, -0.05) is 19.3 Å².